The quantitative estimate of drug-likeness (QED) is 0.326. The number of H-pyrrole nitrogens is 1. The van der Waals surface area contributed by atoms with Crippen molar-refractivity contribution in [1.82, 2.24) is 19.5 Å². The number of nitrogens with one attached hydrogen (secondary N) is 1. The van der Waals surface area contributed by atoms with E-state index in [2.05, 4.69) is 32.9 Å². The van der Waals surface area contributed by atoms with Gasteiger partial charge in [0.05, 0.1) is 29.8 Å². The smallest absolute Gasteiger partial charge is 0.214 e. The molecule has 0 bridgehead atoms. The molecular formula is C27H23ClN4O. The summed E-state index contributed by atoms with van der Waals surface area (Å²) in [5.41, 5.74) is 6.72. The van der Waals surface area contributed by atoms with Crippen molar-refractivity contribution in [3.8, 4) is 17.1 Å². The summed E-state index contributed by atoms with van der Waals surface area (Å²) in [5, 5.41) is 1.83. The summed E-state index contributed by atoms with van der Waals surface area (Å²) >= 11 is 6.31. The Morgan fingerprint density at radius 1 is 1.09 bits per heavy atom. The highest BCUT2D eigenvalue weighted by atomic mass is 35.5. The SMILES string of the molecule is Clc1ccc2c(c1)C(n1cnc(-c3c[nH]c4cnc(OCc5ccccc5)cc34)c1)CCC2. The molecule has 3 heterocycles. The van der Waals surface area contributed by atoms with Crippen molar-refractivity contribution in [2.24, 2.45) is 0 Å². The lowest BCUT2D eigenvalue weighted by Crippen LogP contribution is -2.16. The van der Waals surface area contributed by atoms with Crippen LogP contribution in [0.3, 0.4) is 0 Å². The highest BCUT2D eigenvalue weighted by Gasteiger charge is 2.23. The second-order valence-corrected chi connectivity index (χ2v) is 8.94. The van der Waals surface area contributed by atoms with Gasteiger partial charge in [0.2, 0.25) is 5.88 Å². The molecule has 0 saturated carbocycles. The summed E-state index contributed by atoms with van der Waals surface area (Å²) in [6.07, 6.45) is 11.2. The average molecular weight is 455 g/mol. The molecule has 0 amide bonds. The number of aryl methyl sites for hydroxylation is 1. The summed E-state index contributed by atoms with van der Waals surface area (Å²) in [7, 11) is 0. The number of nitrogens with zero attached hydrogens (tertiary/aromatic N) is 3. The minimum Gasteiger partial charge on any atom is -0.473 e. The second-order valence-electron chi connectivity index (χ2n) is 8.50. The van der Waals surface area contributed by atoms with Crippen molar-refractivity contribution in [2.75, 3.05) is 0 Å². The first-order valence-electron chi connectivity index (χ1n) is 11.2. The lowest BCUT2D eigenvalue weighted by Gasteiger charge is -2.26. The van der Waals surface area contributed by atoms with Crippen LogP contribution in [-0.2, 0) is 13.0 Å². The van der Waals surface area contributed by atoms with Gasteiger partial charge in [-0.05, 0) is 48.1 Å². The largest absolute Gasteiger partial charge is 0.473 e. The number of benzene rings is 2. The first-order chi connectivity index (χ1) is 16.2. The summed E-state index contributed by atoms with van der Waals surface area (Å²) < 4.78 is 8.17. The second kappa shape index (κ2) is 8.41. The molecule has 0 fully saturated rings. The zero-order valence-corrected chi connectivity index (χ0v) is 18.8. The molecule has 1 N–H and O–H groups in total. The molecule has 0 radical (unpaired) electrons. The van der Waals surface area contributed by atoms with Crippen LogP contribution in [-0.4, -0.2) is 19.5 Å². The highest BCUT2D eigenvalue weighted by molar-refractivity contribution is 6.30. The molecule has 2 aromatic carbocycles. The average Bonchev–Trinajstić information content (AvgIpc) is 3.50. The predicted octanol–water partition coefficient (Wildman–Crippen LogP) is 6.58. The first kappa shape index (κ1) is 20.1. The van der Waals surface area contributed by atoms with Gasteiger partial charge in [-0.1, -0.05) is 48.0 Å². The maximum atomic E-state index is 6.31. The van der Waals surface area contributed by atoms with E-state index in [0.717, 1.165) is 52.0 Å². The molecule has 0 aliphatic heterocycles. The molecule has 1 aliphatic rings. The zero-order valence-electron chi connectivity index (χ0n) is 18.0. The molecule has 5 nitrogen and oxygen atoms in total. The van der Waals surface area contributed by atoms with Crippen LogP contribution >= 0.6 is 11.6 Å². The van der Waals surface area contributed by atoms with E-state index < -0.39 is 0 Å². The maximum absolute atomic E-state index is 6.31. The monoisotopic (exact) mass is 454 g/mol. The topological polar surface area (TPSA) is 55.7 Å². The summed E-state index contributed by atoms with van der Waals surface area (Å²) in [6.45, 7) is 0.484. The van der Waals surface area contributed by atoms with Gasteiger partial charge in [0.1, 0.15) is 6.61 Å². The number of aromatic amines is 1. The number of fused-ring (bicyclic) bond motifs is 2. The third-order valence-electron chi connectivity index (χ3n) is 6.40. The van der Waals surface area contributed by atoms with Crippen molar-refractivity contribution in [1.29, 1.82) is 0 Å². The number of pyridine rings is 1. The molecule has 1 unspecified atom stereocenters. The first-order valence-corrected chi connectivity index (χ1v) is 11.6. The van der Waals surface area contributed by atoms with Crippen LogP contribution in [0.2, 0.25) is 5.02 Å². The Kier molecular flexibility index (Phi) is 5.11. The number of rotatable bonds is 5. The van der Waals surface area contributed by atoms with Gasteiger partial charge >= 0.3 is 0 Å². The third-order valence-corrected chi connectivity index (χ3v) is 6.63. The Labute approximate surface area is 197 Å². The Hall–Kier alpha value is -3.57. The molecule has 5 aromatic rings. The Bertz CT molecular complexity index is 1420. The van der Waals surface area contributed by atoms with E-state index in [9.17, 15) is 0 Å². The van der Waals surface area contributed by atoms with E-state index >= 15 is 0 Å². The summed E-state index contributed by atoms with van der Waals surface area (Å²) in [5.74, 6) is 0.600. The van der Waals surface area contributed by atoms with Crippen LogP contribution in [0.4, 0.5) is 0 Å². The lowest BCUT2D eigenvalue weighted by molar-refractivity contribution is 0.294. The van der Waals surface area contributed by atoms with E-state index in [4.69, 9.17) is 21.3 Å². The predicted molar refractivity (Wildman–Crippen MR) is 131 cm³/mol. The van der Waals surface area contributed by atoms with Crippen LogP contribution in [0.1, 0.15) is 35.6 Å². The number of hydrogen-bond donors (Lipinski definition) is 1. The molecule has 1 aliphatic carbocycles. The Morgan fingerprint density at radius 3 is 2.91 bits per heavy atom. The molecule has 0 saturated heterocycles. The van der Waals surface area contributed by atoms with Gasteiger partial charge < -0.3 is 14.3 Å². The van der Waals surface area contributed by atoms with E-state index in [-0.39, 0.29) is 6.04 Å². The van der Waals surface area contributed by atoms with E-state index in [1.54, 1.807) is 0 Å². The summed E-state index contributed by atoms with van der Waals surface area (Å²) in [6, 6.07) is 18.6. The molecule has 33 heavy (non-hydrogen) atoms. The van der Waals surface area contributed by atoms with Crippen molar-refractivity contribution in [3.05, 3.63) is 101 Å². The van der Waals surface area contributed by atoms with Gasteiger partial charge in [0, 0.05) is 34.4 Å². The van der Waals surface area contributed by atoms with Crippen molar-refractivity contribution >= 4 is 22.5 Å². The number of imidazole rings is 1. The van der Waals surface area contributed by atoms with Gasteiger partial charge in [0.25, 0.3) is 0 Å². The molecule has 1 atom stereocenters. The fourth-order valence-electron chi connectivity index (χ4n) is 4.73. The minimum atomic E-state index is 0.255. The van der Waals surface area contributed by atoms with Gasteiger partial charge in [-0.15, -0.1) is 0 Å². The molecule has 3 aromatic heterocycles. The number of ether oxygens (including phenoxy) is 1. The van der Waals surface area contributed by atoms with Crippen LogP contribution in [0, 0.1) is 0 Å². The molecule has 164 valence electrons. The Balaban J connectivity index is 1.30. The number of aromatic nitrogens is 4. The van der Waals surface area contributed by atoms with Crippen LogP contribution in [0.5, 0.6) is 5.88 Å². The maximum Gasteiger partial charge on any atom is 0.214 e. The highest BCUT2D eigenvalue weighted by Crippen LogP contribution is 2.36. The van der Waals surface area contributed by atoms with Crippen molar-refractivity contribution < 1.29 is 4.74 Å². The van der Waals surface area contributed by atoms with Gasteiger partial charge in [0.15, 0.2) is 0 Å². The van der Waals surface area contributed by atoms with E-state index in [1.807, 2.05) is 61.2 Å². The molecule has 0 spiro atoms. The fourth-order valence-corrected chi connectivity index (χ4v) is 4.91. The normalized spacial score (nSPS) is 15.5. The molecule has 6 heteroatoms. The van der Waals surface area contributed by atoms with E-state index in [1.165, 1.54) is 11.1 Å². The van der Waals surface area contributed by atoms with Crippen molar-refractivity contribution in [3.63, 3.8) is 0 Å². The fraction of sp³-hybridized carbons (Fsp3) is 0.185. The number of halogens is 1. The van der Waals surface area contributed by atoms with Gasteiger partial charge in [-0.3, -0.25) is 0 Å². The van der Waals surface area contributed by atoms with Crippen molar-refractivity contribution in [2.45, 2.75) is 31.9 Å². The third kappa shape index (κ3) is 3.89. The molecule has 6 rings (SSSR count). The number of hydrogen-bond acceptors (Lipinski definition) is 3. The van der Waals surface area contributed by atoms with Crippen LogP contribution in [0.25, 0.3) is 22.2 Å². The molecular weight excluding hydrogens is 432 g/mol. The standard InChI is InChI=1S/C27H23ClN4O/c28-20-10-9-19-7-4-8-26(21(19)11-20)32-15-25(31-17-32)23-13-29-24-14-30-27(12-22(23)24)33-16-18-5-2-1-3-6-18/h1-3,5-6,9-15,17,26,29H,4,7-8,16H2. The lowest BCUT2D eigenvalue weighted by atomic mass is 9.87. The van der Waals surface area contributed by atoms with Crippen LogP contribution in [0.15, 0.2) is 79.5 Å². The van der Waals surface area contributed by atoms with E-state index in [0.29, 0.717) is 12.5 Å². The Morgan fingerprint density at radius 2 is 2.00 bits per heavy atom. The van der Waals surface area contributed by atoms with Gasteiger partial charge in [-0.25, -0.2) is 9.97 Å². The zero-order chi connectivity index (χ0) is 22.2. The minimum absolute atomic E-state index is 0.255. The van der Waals surface area contributed by atoms with Crippen LogP contribution < -0.4 is 4.74 Å². The summed E-state index contributed by atoms with van der Waals surface area (Å²) in [4.78, 5) is 12.5. The van der Waals surface area contributed by atoms with Gasteiger partial charge in [-0.2, -0.15) is 0 Å².